The summed E-state index contributed by atoms with van der Waals surface area (Å²) in [6.07, 6.45) is 94.5. The van der Waals surface area contributed by atoms with Gasteiger partial charge in [0.05, 0.1) is 12.8 Å². The number of allylic oxidation sites excluding steroid dienone is 18. The van der Waals surface area contributed by atoms with Crippen LogP contribution in [0.5, 0.6) is 0 Å². The Hall–Kier alpha value is -4.19. The van der Waals surface area contributed by atoms with Gasteiger partial charge in [-0.25, -0.2) is 0 Å². The lowest BCUT2D eigenvalue weighted by atomic mass is 10.0. The van der Waals surface area contributed by atoms with E-state index >= 15 is 0 Å². The maximum absolute atomic E-state index is 12.8. The summed E-state index contributed by atoms with van der Waals surface area (Å²) >= 11 is 0. The van der Waals surface area contributed by atoms with Gasteiger partial charge in [-0.1, -0.05) is 341 Å². The molecule has 0 radical (unpaired) electrons. The van der Waals surface area contributed by atoms with Crippen LogP contribution in [0.4, 0.5) is 0 Å². The Morgan fingerprint density at radius 3 is 0.762 bits per heavy atom. The highest BCUT2D eigenvalue weighted by Gasteiger charge is 2.19. The molecule has 0 heterocycles. The van der Waals surface area contributed by atoms with Crippen LogP contribution in [0.25, 0.3) is 0 Å². The van der Waals surface area contributed by atoms with Gasteiger partial charge in [0, 0.05) is 6.42 Å². The van der Waals surface area contributed by atoms with Crippen molar-refractivity contribution >= 4 is 17.9 Å². The molecule has 0 aromatic rings. The first-order valence-electron chi connectivity index (χ1n) is 33.5. The Morgan fingerprint density at radius 1 is 0.263 bits per heavy atom. The molecule has 0 bridgehead atoms. The minimum Gasteiger partial charge on any atom is -0.462 e. The average molecular weight is 1110 g/mol. The zero-order valence-electron chi connectivity index (χ0n) is 52.3. The number of ether oxygens (including phenoxy) is 3. The minimum atomic E-state index is -0.875. The van der Waals surface area contributed by atoms with Crippen molar-refractivity contribution in [1.29, 1.82) is 0 Å². The second-order valence-electron chi connectivity index (χ2n) is 22.0. The lowest BCUT2D eigenvalue weighted by Gasteiger charge is -2.17. The third-order valence-corrected chi connectivity index (χ3v) is 14.3. The van der Waals surface area contributed by atoms with Crippen LogP contribution in [0.3, 0.4) is 0 Å². The number of carbonyl (C=O) groups excluding carboxylic acids is 3. The molecule has 0 aliphatic heterocycles. The average Bonchev–Trinajstić information content (AvgIpc) is 3.46. The van der Waals surface area contributed by atoms with Crippen LogP contribution in [0.1, 0.15) is 310 Å². The van der Waals surface area contributed by atoms with Crippen LogP contribution >= 0.6 is 0 Å². The van der Waals surface area contributed by atoms with E-state index in [0.717, 1.165) is 77.0 Å². The van der Waals surface area contributed by atoms with Gasteiger partial charge in [0.25, 0.3) is 0 Å². The molecule has 0 rings (SSSR count). The first-order valence-corrected chi connectivity index (χ1v) is 33.5. The Balaban J connectivity index is 4.27. The highest BCUT2D eigenvalue weighted by atomic mass is 16.6. The topological polar surface area (TPSA) is 78.9 Å². The van der Waals surface area contributed by atoms with Gasteiger partial charge in [0.2, 0.25) is 0 Å². The smallest absolute Gasteiger partial charge is 0.310 e. The van der Waals surface area contributed by atoms with Crippen LogP contribution in [0, 0.1) is 0 Å². The second-order valence-corrected chi connectivity index (χ2v) is 22.0. The molecule has 0 amide bonds. The molecular formula is C74H124O6. The zero-order chi connectivity index (χ0) is 57.8. The van der Waals surface area contributed by atoms with Crippen molar-refractivity contribution in [2.75, 3.05) is 13.2 Å². The Morgan fingerprint density at radius 2 is 0.487 bits per heavy atom. The quantitative estimate of drug-likeness (QED) is 0.0261. The van der Waals surface area contributed by atoms with E-state index in [4.69, 9.17) is 14.2 Å². The van der Waals surface area contributed by atoms with Crippen LogP contribution in [0.15, 0.2) is 122 Å². The van der Waals surface area contributed by atoms with Gasteiger partial charge in [-0.3, -0.25) is 14.4 Å². The normalized spacial score (nSPS) is 12.9. The molecule has 456 valence electrons. The molecule has 6 heteroatoms. The Labute approximate surface area is 494 Å². The molecule has 6 nitrogen and oxygen atoms in total. The van der Waals surface area contributed by atoms with E-state index < -0.39 is 18.0 Å². The first-order chi connectivity index (χ1) is 39.5. The van der Waals surface area contributed by atoms with Crippen molar-refractivity contribution in [2.45, 2.75) is 316 Å². The van der Waals surface area contributed by atoms with E-state index in [1.807, 2.05) is 12.2 Å². The van der Waals surface area contributed by atoms with Crippen molar-refractivity contribution in [3.05, 3.63) is 122 Å². The van der Waals surface area contributed by atoms with Crippen molar-refractivity contribution in [1.82, 2.24) is 0 Å². The van der Waals surface area contributed by atoms with Crippen molar-refractivity contribution in [2.24, 2.45) is 0 Å². The van der Waals surface area contributed by atoms with Gasteiger partial charge < -0.3 is 14.2 Å². The summed E-state index contributed by atoms with van der Waals surface area (Å²) < 4.78 is 16.7. The van der Waals surface area contributed by atoms with Gasteiger partial charge in [-0.2, -0.15) is 0 Å². The molecular weight excluding hydrogens is 985 g/mol. The predicted molar refractivity (Wildman–Crippen MR) is 348 cm³/mol. The molecule has 0 saturated carbocycles. The van der Waals surface area contributed by atoms with E-state index in [1.165, 1.54) is 186 Å². The Kier molecular flexibility index (Phi) is 63.8. The van der Waals surface area contributed by atoms with Crippen LogP contribution < -0.4 is 0 Å². The molecule has 0 aromatic carbocycles. The summed E-state index contributed by atoms with van der Waals surface area (Å²) in [4.78, 5) is 38.1. The lowest BCUT2D eigenvalue weighted by molar-refractivity contribution is -0.166. The van der Waals surface area contributed by atoms with Gasteiger partial charge in [0.15, 0.2) is 6.10 Å². The maximum Gasteiger partial charge on any atom is 0.310 e. The minimum absolute atomic E-state index is 0.0751. The third-order valence-electron chi connectivity index (χ3n) is 14.3. The van der Waals surface area contributed by atoms with Gasteiger partial charge >= 0.3 is 17.9 Å². The molecule has 0 fully saturated rings. The molecule has 0 aromatic heterocycles. The van der Waals surface area contributed by atoms with E-state index in [0.29, 0.717) is 12.8 Å². The van der Waals surface area contributed by atoms with Gasteiger partial charge in [-0.15, -0.1) is 0 Å². The van der Waals surface area contributed by atoms with Crippen molar-refractivity contribution < 1.29 is 28.6 Å². The van der Waals surface area contributed by atoms with Crippen molar-refractivity contribution in [3.8, 4) is 0 Å². The first kappa shape index (κ1) is 75.8. The summed E-state index contributed by atoms with van der Waals surface area (Å²) in [6, 6.07) is 0. The van der Waals surface area contributed by atoms with E-state index in [9.17, 15) is 14.4 Å². The standard InChI is InChI=1S/C74H124O6/c1-4-7-10-13-16-19-22-25-28-29-30-31-32-33-34-35-36-37-38-39-40-41-42-43-44-47-49-52-55-58-61-64-67-73(76)79-70-71(80-74(77)68-65-62-59-56-53-50-46-27-24-21-18-15-12-9-6-3)69-78-72(75)66-63-60-57-54-51-48-45-26-23-20-17-14-11-8-5-2/h8-9,11-12,17-18,20-21,26-27,45-46,51,53-54,56,60,62-63,65,71H,4-7,10,13-16,19,22-25,28-44,47-50,52,55,57-59,61,64,66-70H2,1-3H3/b11-8-,12-9-,20-17-,21-18-,45-26-,46-27-,54-51-,56-53-,63-60-,65-62-. The van der Waals surface area contributed by atoms with E-state index in [2.05, 4.69) is 118 Å². The number of carbonyl (C=O) groups is 3. The lowest BCUT2D eigenvalue weighted by Crippen LogP contribution is -2.30. The third kappa shape index (κ3) is 64.6. The number of unbranched alkanes of at least 4 members (excludes halogenated alkanes) is 31. The molecule has 80 heavy (non-hydrogen) atoms. The fourth-order valence-electron chi connectivity index (χ4n) is 9.36. The molecule has 0 saturated heterocycles. The second kappa shape index (κ2) is 67.3. The maximum atomic E-state index is 12.8. The SMILES string of the molecule is CC/C=C\C/C=C\C/C=C\C/C=C\C/C=C\CC(=O)OCC(COC(=O)CCCCCCCCCCCCCCCCCCCCCCCCCCCCCCCCCC)OC(=O)C/C=C\C/C=C\C/C=C\C/C=C\C/C=C\CC. The fourth-order valence-corrected chi connectivity index (χ4v) is 9.36. The molecule has 0 N–H and O–H groups in total. The molecule has 0 spiro atoms. The number of rotatable bonds is 60. The molecule has 1 atom stereocenters. The van der Waals surface area contributed by atoms with E-state index in [-0.39, 0.29) is 32.0 Å². The Bertz CT molecular complexity index is 1650. The van der Waals surface area contributed by atoms with Gasteiger partial charge in [0.1, 0.15) is 13.2 Å². The monoisotopic (exact) mass is 1110 g/mol. The highest BCUT2D eigenvalue weighted by Crippen LogP contribution is 2.18. The highest BCUT2D eigenvalue weighted by molar-refractivity contribution is 5.72. The van der Waals surface area contributed by atoms with E-state index in [1.54, 1.807) is 12.2 Å². The van der Waals surface area contributed by atoms with Gasteiger partial charge in [-0.05, 0) is 70.6 Å². The fraction of sp³-hybridized carbons (Fsp3) is 0.689. The van der Waals surface area contributed by atoms with Crippen LogP contribution in [-0.2, 0) is 28.6 Å². The molecule has 1 unspecified atom stereocenters. The number of esters is 3. The van der Waals surface area contributed by atoms with Crippen LogP contribution in [-0.4, -0.2) is 37.2 Å². The summed E-state index contributed by atoms with van der Waals surface area (Å²) in [5.74, 6) is -1.21. The number of hydrogen-bond acceptors (Lipinski definition) is 6. The summed E-state index contributed by atoms with van der Waals surface area (Å²) in [5, 5.41) is 0. The number of hydrogen-bond donors (Lipinski definition) is 0. The predicted octanol–water partition coefficient (Wildman–Crippen LogP) is 23.2. The zero-order valence-corrected chi connectivity index (χ0v) is 52.3. The largest absolute Gasteiger partial charge is 0.462 e. The summed E-state index contributed by atoms with van der Waals surface area (Å²) in [7, 11) is 0. The molecule has 0 aliphatic rings. The van der Waals surface area contributed by atoms with Crippen LogP contribution in [0.2, 0.25) is 0 Å². The van der Waals surface area contributed by atoms with Crippen molar-refractivity contribution in [3.63, 3.8) is 0 Å². The molecule has 0 aliphatic carbocycles. The summed E-state index contributed by atoms with van der Waals surface area (Å²) in [5.41, 5.74) is 0. The summed E-state index contributed by atoms with van der Waals surface area (Å²) in [6.45, 7) is 6.26.